The summed E-state index contributed by atoms with van der Waals surface area (Å²) in [6.45, 7) is 1.74. The Morgan fingerprint density at radius 3 is 2.52 bits per heavy atom. The largest absolute Gasteiger partial charge is 0.288 e. The van der Waals surface area contributed by atoms with Crippen molar-refractivity contribution in [1.82, 2.24) is 10.9 Å². The standard InChI is InChI=1S/C16H14BrN3O3/c1-10-8-11(6-7-12(10)16(22)20-23)9-18-19-15(21)13-4-2-3-5-14(13)17/h2-9,23H,1H3,(H,19,21)(H,20,22)/b18-9+. The monoisotopic (exact) mass is 375 g/mol. The molecule has 0 radical (unpaired) electrons. The van der Waals surface area contributed by atoms with Gasteiger partial charge >= 0.3 is 0 Å². The molecule has 0 aliphatic rings. The Morgan fingerprint density at radius 1 is 1.13 bits per heavy atom. The van der Waals surface area contributed by atoms with E-state index in [1.54, 1.807) is 48.8 Å². The van der Waals surface area contributed by atoms with E-state index in [4.69, 9.17) is 5.21 Å². The van der Waals surface area contributed by atoms with E-state index in [2.05, 4.69) is 26.5 Å². The highest BCUT2D eigenvalue weighted by Gasteiger charge is 2.09. The van der Waals surface area contributed by atoms with Crippen molar-refractivity contribution in [1.29, 1.82) is 0 Å². The quantitative estimate of drug-likeness (QED) is 0.435. The Bertz CT molecular complexity index is 775. The minimum atomic E-state index is -0.576. The van der Waals surface area contributed by atoms with Crippen LogP contribution in [0.4, 0.5) is 0 Å². The molecule has 0 heterocycles. The number of hydroxylamine groups is 1. The molecule has 2 amide bonds. The van der Waals surface area contributed by atoms with E-state index in [1.807, 2.05) is 6.07 Å². The number of nitrogens with zero attached hydrogens (tertiary/aromatic N) is 1. The van der Waals surface area contributed by atoms with Crippen molar-refractivity contribution >= 4 is 34.0 Å². The summed E-state index contributed by atoms with van der Waals surface area (Å²) in [4.78, 5) is 23.4. The number of carbonyl (C=O) groups is 2. The van der Waals surface area contributed by atoms with Crippen LogP contribution in [-0.4, -0.2) is 23.2 Å². The third kappa shape index (κ3) is 4.24. The number of hydrogen-bond acceptors (Lipinski definition) is 4. The van der Waals surface area contributed by atoms with Gasteiger partial charge in [0, 0.05) is 10.0 Å². The summed E-state index contributed by atoms with van der Waals surface area (Å²) in [5, 5.41) is 12.5. The van der Waals surface area contributed by atoms with Crippen molar-refractivity contribution in [2.24, 2.45) is 5.10 Å². The van der Waals surface area contributed by atoms with E-state index in [0.717, 1.165) is 0 Å². The van der Waals surface area contributed by atoms with E-state index >= 15 is 0 Å². The van der Waals surface area contributed by atoms with Crippen molar-refractivity contribution in [2.75, 3.05) is 0 Å². The Hall–Kier alpha value is -2.51. The summed E-state index contributed by atoms with van der Waals surface area (Å²) in [5.74, 6) is -0.907. The van der Waals surface area contributed by atoms with Gasteiger partial charge in [0.2, 0.25) is 0 Å². The minimum absolute atomic E-state index is 0.332. The van der Waals surface area contributed by atoms with Gasteiger partial charge in [0.05, 0.1) is 11.8 Å². The first-order valence-electron chi connectivity index (χ1n) is 6.66. The van der Waals surface area contributed by atoms with Crippen molar-refractivity contribution in [2.45, 2.75) is 6.92 Å². The zero-order valence-electron chi connectivity index (χ0n) is 12.2. The number of hydrazone groups is 1. The lowest BCUT2D eigenvalue weighted by molar-refractivity contribution is 0.0705. The van der Waals surface area contributed by atoms with Gasteiger partial charge in [0.25, 0.3) is 11.8 Å². The number of carbonyl (C=O) groups excluding carboxylic acids is 2. The average molecular weight is 376 g/mol. The Morgan fingerprint density at radius 2 is 1.87 bits per heavy atom. The van der Waals surface area contributed by atoms with Gasteiger partial charge in [0.1, 0.15) is 0 Å². The average Bonchev–Trinajstić information content (AvgIpc) is 2.54. The van der Waals surface area contributed by atoms with Gasteiger partial charge in [-0.1, -0.05) is 18.2 Å². The molecule has 0 aliphatic carbocycles. The molecule has 0 saturated heterocycles. The fourth-order valence-corrected chi connectivity index (χ4v) is 2.42. The maximum atomic E-state index is 12.0. The molecule has 0 aromatic heterocycles. The third-order valence-corrected chi connectivity index (χ3v) is 3.79. The van der Waals surface area contributed by atoms with Crippen LogP contribution in [0.2, 0.25) is 0 Å². The zero-order chi connectivity index (χ0) is 16.8. The van der Waals surface area contributed by atoms with Crippen LogP contribution in [0, 0.1) is 6.92 Å². The number of hydrogen-bond donors (Lipinski definition) is 3. The molecule has 23 heavy (non-hydrogen) atoms. The van der Waals surface area contributed by atoms with Gasteiger partial charge in [0.15, 0.2) is 0 Å². The molecule has 2 aromatic carbocycles. The second-order valence-electron chi connectivity index (χ2n) is 4.69. The smallest absolute Gasteiger partial charge is 0.274 e. The van der Waals surface area contributed by atoms with E-state index < -0.39 is 5.91 Å². The van der Waals surface area contributed by atoms with Crippen LogP contribution in [-0.2, 0) is 0 Å². The van der Waals surface area contributed by atoms with Crippen molar-refractivity contribution < 1.29 is 14.8 Å². The number of halogens is 1. The van der Waals surface area contributed by atoms with Crippen LogP contribution in [0.1, 0.15) is 31.8 Å². The predicted octanol–water partition coefficient (Wildman–Crippen LogP) is 2.64. The lowest BCUT2D eigenvalue weighted by atomic mass is 10.1. The molecule has 0 spiro atoms. The first kappa shape index (κ1) is 16.9. The van der Waals surface area contributed by atoms with Crippen LogP contribution in [0.25, 0.3) is 0 Å². The molecule has 6 nitrogen and oxygen atoms in total. The van der Waals surface area contributed by atoms with E-state index in [0.29, 0.717) is 26.7 Å². The van der Waals surface area contributed by atoms with E-state index in [-0.39, 0.29) is 5.91 Å². The van der Waals surface area contributed by atoms with Crippen LogP contribution >= 0.6 is 15.9 Å². The summed E-state index contributed by atoms with van der Waals surface area (Å²) >= 11 is 3.30. The number of aryl methyl sites for hydroxylation is 1. The first-order chi connectivity index (χ1) is 11.0. The van der Waals surface area contributed by atoms with Gasteiger partial charge in [-0.3, -0.25) is 14.8 Å². The molecule has 0 fully saturated rings. The highest BCUT2D eigenvalue weighted by molar-refractivity contribution is 9.10. The number of nitrogens with one attached hydrogen (secondary N) is 2. The summed E-state index contributed by atoms with van der Waals surface area (Å²) in [6, 6.07) is 12.0. The zero-order valence-corrected chi connectivity index (χ0v) is 13.8. The number of rotatable bonds is 4. The van der Waals surface area contributed by atoms with Gasteiger partial charge in [-0.25, -0.2) is 10.9 Å². The second kappa shape index (κ2) is 7.66. The molecule has 0 aliphatic heterocycles. The molecular weight excluding hydrogens is 362 g/mol. The first-order valence-corrected chi connectivity index (χ1v) is 7.45. The maximum Gasteiger partial charge on any atom is 0.274 e. The van der Waals surface area contributed by atoms with Crippen LogP contribution in [0.15, 0.2) is 52.0 Å². The van der Waals surface area contributed by atoms with Gasteiger partial charge in [-0.15, -0.1) is 0 Å². The highest BCUT2D eigenvalue weighted by atomic mass is 79.9. The van der Waals surface area contributed by atoms with Crippen molar-refractivity contribution in [3.05, 3.63) is 69.2 Å². The molecule has 2 aromatic rings. The molecular formula is C16H14BrN3O3. The van der Waals surface area contributed by atoms with Crippen LogP contribution in [0.5, 0.6) is 0 Å². The highest BCUT2D eigenvalue weighted by Crippen LogP contribution is 2.15. The molecule has 118 valence electrons. The molecule has 2 rings (SSSR count). The Kier molecular flexibility index (Phi) is 5.61. The molecule has 0 unspecified atom stereocenters. The van der Waals surface area contributed by atoms with Crippen molar-refractivity contribution in [3.63, 3.8) is 0 Å². The molecule has 0 bridgehead atoms. The maximum absolute atomic E-state index is 12.0. The summed E-state index contributed by atoms with van der Waals surface area (Å²) in [6.07, 6.45) is 1.47. The minimum Gasteiger partial charge on any atom is -0.288 e. The molecule has 0 saturated carbocycles. The summed E-state index contributed by atoms with van der Waals surface area (Å²) in [5.41, 5.74) is 6.26. The summed E-state index contributed by atoms with van der Waals surface area (Å²) in [7, 11) is 0. The lowest BCUT2D eigenvalue weighted by Crippen LogP contribution is -2.20. The van der Waals surface area contributed by atoms with Gasteiger partial charge in [-0.2, -0.15) is 5.10 Å². The Balaban J connectivity index is 2.06. The molecule has 7 heteroatoms. The second-order valence-corrected chi connectivity index (χ2v) is 5.55. The van der Waals surface area contributed by atoms with Crippen LogP contribution in [0.3, 0.4) is 0 Å². The van der Waals surface area contributed by atoms with Crippen LogP contribution < -0.4 is 10.9 Å². The topological polar surface area (TPSA) is 90.8 Å². The van der Waals surface area contributed by atoms with Gasteiger partial charge < -0.3 is 0 Å². The van der Waals surface area contributed by atoms with Crippen molar-refractivity contribution in [3.8, 4) is 0 Å². The lowest BCUT2D eigenvalue weighted by Gasteiger charge is -2.04. The third-order valence-electron chi connectivity index (χ3n) is 3.09. The fraction of sp³-hybridized carbons (Fsp3) is 0.0625. The Labute approximate surface area is 141 Å². The SMILES string of the molecule is Cc1cc(/C=N/NC(=O)c2ccccc2Br)ccc1C(=O)NO. The number of amides is 2. The fourth-order valence-electron chi connectivity index (χ4n) is 1.95. The van der Waals surface area contributed by atoms with E-state index in [1.165, 1.54) is 6.21 Å². The van der Waals surface area contributed by atoms with E-state index in [9.17, 15) is 9.59 Å². The normalized spacial score (nSPS) is 10.6. The van der Waals surface area contributed by atoms with Gasteiger partial charge in [-0.05, 0) is 58.2 Å². The molecule has 0 atom stereocenters. The number of benzene rings is 2. The summed E-state index contributed by atoms with van der Waals surface area (Å²) < 4.78 is 0.683. The molecule has 3 N–H and O–H groups in total. The predicted molar refractivity (Wildman–Crippen MR) is 89.6 cm³/mol.